The molecule has 0 amide bonds. The van der Waals surface area contributed by atoms with Gasteiger partial charge in [0.1, 0.15) is 5.82 Å². The van der Waals surface area contributed by atoms with Crippen molar-refractivity contribution < 1.29 is 13.2 Å². The van der Waals surface area contributed by atoms with Crippen molar-refractivity contribution in [3.63, 3.8) is 0 Å². The molecule has 0 aliphatic carbocycles. The Balaban J connectivity index is 2.08. The van der Waals surface area contributed by atoms with Crippen LogP contribution in [0.5, 0.6) is 0 Å². The number of halogens is 3. The molecule has 0 bridgehead atoms. The van der Waals surface area contributed by atoms with Crippen LogP contribution in [0, 0.1) is 0 Å². The van der Waals surface area contributed by atoms with E-state index in [0.717, 1.165) is 17.7 Å². The Hall–Kier alpha value is -1.89. The molecular formula is C13H12F3N3S. The third kappa shape index (κ3) is 3.57. The van der Waals surface area contributed by atoms with E-state index in [0.29, 0.717) is 16.5 Å². The molecule has 1 aromatic heterocycles. The lowest BCUT2D eigenvalue weighted by Crippen LogP contribution is -2.05. The van der Waals surface area contributed by atoms with Crippen LogP contribution in [0.3, 0.4) is 0 Å². The van der Waals surface area contributed by atoms with E-state index in [1.807, 2.05) is 6.07 Å². The van der Waals surface area contributed by atoms with E-state index >= 15 is 0 Å². The minimum Gasteiger partial charge on any atom is -0.398 e. The van der Waals surface area contributed by atoms with Crippen LogP contribution in [0.25, 0.3) is 0 Å². The van der Waals surface area contributed by atoms with Gasteiger partial charge in [-0.1, -0.05) is 6.07 Å². The van der Waals surface area contributed by atoms with Crippen molar-refractivity contribution in [3.8, 4) is 0 Å². The lowest BCUT2D eigenvalue weighted by molar-refractivity contribution is -0.137. The normalized spacial score (nSPS) is 11.6. The first-order valence-corrected chi connectivity index (χ1v) is 6.65. The molecule has 0 atom stereocenters. The molecule has 0 unspecified atom stereocenters. The summed E-state index contributed by atoms with van der Waals surface area (Å²) in [5.41, 5.74) is 11.4. The van der Waals surface area contributed by atoms with Crippen LogP contribution in [-0.4, -0.2) is 4.98 Å². The van der Waals surface area contributed by atoms with Crippen LogP contribution in [0.15, 0.2) is 41.4 Å². The van der Waals surface area contributed by atoms with Gasteiger partial charge in [-0.2, -0.15) is 13.2 Å². The fourth-order valence-electron chi connectivity index (χ4n) is 1.54. The van der Waals surface area contributed by atoms with Crippen LogP contribution in [0.2, 0.25) is 0 Å². The van der Waals surface area contributed by atoms with Gasteiger partial charge in [0.15, 0.2) is 0 Å². The van der Waals surface area contributed by atoms with Crippen molar-refractivity contribution >= 4 is 23.3 Å². The second kappa shape index (κ2) is 5.62. The van der Waals surface area contributed by atoms with Gasteiger partial charge < -0.3 is 11.5 Å². The van der Waals surface area contributed by atoms with Gasteiger partial charge >= 0.3 is 6.18 Å². The zero-order valence-electron chi connectivity index (χ0n) is 10.3. The molecule has 0 spiro atoms. The van der Waals surface area contributed by atoms with Gasteiger partial charge in [-0.3, -0.25) is 0 Å². The van der Waals surface area contributed by atoms with Crippen molar-refractivity contribution in [1.82, 2.24) is 4.98 Å². The number of aromatic nitrogens is 1. The van der Waals surface area contributed by atoms with Gasteiger partial charge in [-0.25, -0.2) is 4.98 Å². The summed E-state index contributed by atoms with van der Waals surface area (Å²) >= 11 is 1.35. The molecule has 0 saturated carbocycles. The smallest absolute Gasteiger partial charge is 0.398 e. The second-order valence-corrected chi connectivity index (χ2v) is 5.15. The number of nitrogen functional groups attached to an aromatic ring is 2. The summed E-state index contributed by atoms with van der Waals surface area (Å²) in [6, 6.07) is 6.85. The summed E-state index contributed by atoms with van der Waals surface area (Å²) in [6.07, 6.45) is -2.75. The molecule has 2 aromatic rings. The highest BCUT2D eigenvalue weighted by atomic mass is 32.2. The Bertz CT molecular complexity index is 597. The standard InChI is InChI=1S/C13H12F3N3S/c14-13(15,16)9-2-3-11(10(17)5-9)20-7-8-1-4-12(18)19-6-8/h1-6H,7,17H2,(H2,18,19). The highest BCUT2D eigenvalue weighted by molar-refractivity contribution is 7.98. The molecule has 2 rings (SSSR count). The first kappa shape index (κ1) is 14.5. The van der Waals surface area contributed by atoms with E-state index in [4.69, 9.17) is 11.5 Å². The second-order valence-electron chi connectivity index (χ2n) is 4.13. The average Bonchev–Trinajstić information content (AvgIpc) is 2.38. The van der Waals surface area contributed by atoms with Crippen LogP contribution in [-0.2, 0) is 11.9 Å². The number of thioether (sulfide) groups is 1. The maximum atomic E-state index is 12.5. The molecule has 1 heterocycles. The highest BCUT2D eigenvalue weighted by Crippen LogP contribution is 2.35. The Morgan fingerprint density at radius 2 is 1.85 bits per heavy atom. The first-order chi connectivity index (χ1) is 9.36. The van der Waals surface area contributed by atoms with Crippen molar-refractivity contribution in [1.29, 1.82) is 0 Å². The number of rotatable bonds is 3. The summed E-state index contributed by atoms with van der Waals surface area (Å²) in [5.74, 6) is 0.982. The fraction of sp³-hybridized carbons (Fsp3) is 0.154. The van der Waals surface area contributed by atoms with E-state index < -0.39 is 11.7 Å². The molecule has 0 radical (unpaired) electrons. The summed E-state index contributed by atoms with van der Waals surface area (Å²) in [4.78, 5) is 4.55. The van der Waals surface area contributed by atoms with Gasteiger partial charge in [0.25, 0.3) is 0 Å². The summed E-state index contributed by atoms with van der Waals surface area (Å²) < 4.78 is 37.5. The molecule has 3 nitrogen and oxygen atoms in total. The third-order valence-corrected chi connectivity index (χ3v) is 3.74. The van der Waals surface area contributed by atoms with Crippen LogP contribution >= 0.6 is 11.8 Å². The maximum Gasteiger partial charge on any atom is 0.416 e. The molecule has 0 saturated heterocycles. The first-order valence-electron chi connectivity index (χ1n) is 5.66. The molecule has 0 aliphatic rings. The number of nitrogens with two attached hydrogens (primary N) is 2. The largest absolute Gasteiger partial charge is 0.416 e. The van der Waals surface area contributed by atoms with Gasteiger partial charge in [0.2, 0.25) is 0 Å². The van der Waals surface area contributed by atoms with E-state index in [2.05, 4.69) is 4.98 Å². The molecule has 106 valence electrons. The maximum absolute atomic E-state index is 12.5. The Morgan fingerprint density at radius 3 is 2.40 bits per heavy atom. The lowest BCUT2D eigenvalue weighted by Gasteiger charge is -2.10. The van der Waals surface area contributed by atoms with Gasteiger partial charge in [-0.15, -0.1) is 11.8 Å². The van der Waals surface area contributed by atoms with E-state index in [-0.39, 0.29) is 5.69 Å². The third-order valence-electron chi connectivity index (χ3n) is 2.58. The number of benzene rings is 1. The summed E-state index contributed by atoms with van der Waals surface area (Å²) in [6.45, 7) is 0. The van der Waals surface area contributed by atoms with Gasteiger partial charge in [-0.05, 0) is 29.8 Å². The molecular weight excluding hydrogens is 287 g/mol. The van der Waals surface area contributed by atoms with Crippen molar-refractivity contribution in [2.45, 2.75) is 16.8 Å². The fourth-order valence-corrected chi connectivity index (χ4v) is 2.42. The van der Waals surface area contributed by atoms with E-state index in [1.165, 1.54) is 17.8 Å². The predicted molar refractivity (Wildman–Crippen MR) is 74.1 cm³/mol. The number of nitrogens with zero attached hydrogens (tertiary/aromatic N) is 1. The zero-order chi connectivity index (χ0) is 14.8. The molecule has 0 aliphatic heterocycles. The van der Waals surface area contributed by atoms with Crippen molar-refractivity contribution in [2.75, 3.05) is 11.5 Å². The molecule has 1 aromatic carbocycles. The Labute approximate surface area is 118 Å². The Kier molecular flexibility index (Phi) is 4.08. The van der Waals surface area contributed by atoms with Gasteiger partial charge in [0.05, 0.1) is 5.56 Å². The minimum absolute atomic E-state index is 0.119. The van der Waals surface area contributed by atoms with Crippen LogP contribution < -0.4 is 11.5 Å². The van der Waals surface area contributed by atoms with Gasteiger partial charge in [0, 0.05) is 22.5 Å². The van der Waals surface area contributed by atoms with Crippen molar-refractivity contribution in [3.05, 3.63) is 47.7 Å². The number of anilines is 2. The summed E-state index contributed by atoms with van der Waals surface area (Å²) in [7, 11) is 0. The highest BCUT2D eigenvalue weighted by Gasteiger charge is 2.30. The number of alkyl halides is 3. The van der Waals surface area contributed by atoms with Crippen LogP contribution in [0.4, 0.5) is 24.7 Å². The number of pyridine rings is 1. The lowest BCUT2D eigenvalue weighted by atomic mass is 10.2. The van der Waals surface area contributed by atoms with E-state index in [9.17, 15) is 13.2 Å². The topological polar surface area (TPSA) is 64.9 Å². The molecule has 7 heteroatoms. The van der Waals surface area contributed by atoms with E-state index in [1.54, 1.807) is 12.3 Å². The molecule has 0 fully saturated rings. The SMILES string of the molecule is Nc1ccc(CSc2ccc(C(F)(F)F)cc2N)cn1. The van der Waals surface area contributed by atoms with Crippen LogP contribution in [0.1, 0.15) is 11.1 Å². The monoisotopic (exact) mass is 299 g/mol. The number of hydrogen-bond donors (Lipinski definition) is 2. The summed E-state index contributed by atoms with van der Waals surface area (Å²) in [5, 5.41) is 0. The zero-order valence-corrected chi connectivity index (χ0v) is 11.1. The Morgan fingerprint density at radius 1 is 1.10 bits per heavy atom. The quantitative estimate of drug-likeness (QED) is 0.672. The predicted octanol–water partition coefficient (Wildman–Crippen LogP) is 3.56. The molecule has 4 N–H and O–H groups in total. The number of hydrogen-bond acceptors (Lipinski definition) is 4. The van der Waals surface area contributed by atoms with Crippen molar-refractivity contribution in [2.24, 2.45) is 0 Å². The molecule has 20 heavy (non-hydrogen) atoms. The minimum atomic E-state index is -4.38. The average molecular weight is 299 g/mol.